The molecule has 0 bridgehead atoms. The van der Waals surface area contributed by atoms with Crippen LogP contribution in [-0.2, 0) is 19.1 Å². The minimum atomic E-state index is -0.531. The van der Waals surface area contributed by atoms with Gasteiger partial charge in [-0.3, -0.25) is 24.6 Å². The molecule has 9 heteroatoms. The number of benzene rings is 1. The predicted molar refractivity (Wildman–Crippen MR) is 83.8 cm³/mol. The van der Waals surface area contributed by atoms with Crippen molar-refractivity contribution in [2.24, 2.45) is 0 Å². The molecule has 0 unspecified atom stereocenters. The van der Waals surface area contributed by atoms with Gasteiger partial charge in [0.15, 0.2) is 6.29 Å². The normalized spacial score (nSPS) is 18.5. The number of amides is 2. The highest BCUT2D eigenvalue weighted by atomic mass is 16.7. The second-order valence-electron chi connectivity index (χ2n) is 5.60. The summed E-state index contributed by atoms with van der Waals surface area (Å²) in [6.07, 6.45) is -0.175. The monoisotopic (exact) mass is 335 g/mol. The molecular weight excluding hydrogens is 318 g/mol. The molecule has 1 aromatic rings. The topological polar surface area (TPSA) is 102 Å². The van der Waals surface area contributed by atoms with Crippen LogP contribution < -0.4 is 9.80 Å². The van der Waals surface area contributed by atoms with Crippen LogP contribution in [0, 0.1) is 10.1 Å². The molecule has 2 fully saturated rings. The van der Waals surface area contributed by atoms with Gasteiger partial charge in [0.2, 0.25) is 11.8 Å². The molecule has 1 aromatic carbocycles. The van der Waals surface area contributed by atoms with Crippen molar-refractivity contribution >= 4 is 28.9 Å². The van der Waals surface area contributed by atoms with Gasteiger partial charge in [-0.15, -0.1) is 0 Å². The number of anilines is 2. The average Bonchev–Trinajstić information content (AvgIpc) is 3.16. The number of hydrogen-bond donors (Lipinski definition) is 0. The number of ether oxygens (including phenoxy) is 2. The first-order valence-electron chi connectivity index (χ1n) is 7.56. The maximum atomic E-state index is 11.8. The van der Waals surface area contributed by atoms with E-state index in [9.17, 15) is 19.7 Å². The van der Waals surface area contributed by atoms with Crippen molar-refractivity contribution < 1.29 is 24.0 Å². The third kappa shape index (κ3) is 3.08. The zero-order chi connectivity index (χ0) is 17.3. The number of nitrogens with zero attached hydrogens (tertiary/aromatic N) is 3. The van der Waals surface area contributed by atoms with Crippen LogP contribution >= 0.6 is 0 Å². The van der Waals surface area contributed by atoms with Crippen LogP contribution in [0.15, 0.2) is 18.2 Å². The molecule has 9 nitrogen and oxygen atoms in total. The lowest BCUT2D eigenvalue weighted by Gasteiger charge is -2.23. The first-order valence-corrected chi connectivity index (χ1v) is 7.56. The zero-order valence-corrected chi connectivity index (χ0v) is 13.1. The van der Waals surface area contributed by atoms with Gasteiger partial charge in [0.1, 0.15) is 5.69 Å². The molecular formula is C15H17N3O6. The van der Waals surface area contributed by atoms with Gasteiger partial charge in [0.25, 0.3) is 5.69 Å². The molecule has 2 saturated heterocycles. The van der Waals surface area contributed by atoms with Gasteiger partial charge in [-0.05, 0) is 12.1 Å². The standard InChI is InChI=1S/C15H17N3O6/c1-16(9-15-23-6-7-24-15)11-3-2-10(8-12(11)18(21)22)17-13(19)4-5-14(17)20/h2-3,8,15H,4-7,9H2,1H3. The number of hydrogen-bond acceptors (Lipinski definition) is 7. The largest absolute Gasteiger partial charge is 0.364 e. The van der Waals surface area contributed by atoms with Gasteiger partial charge < -0.3 is 14.4 Å². The SMILES string of the molecule is CN(CC1OCCO1)c1ccc(N2C(=O)CCC2=O)cc1[N+](=O)[O-]. The summed E-state index contributed by atoms with van der Waals surface area (Å²) in [5, 5.41) is 11.4. The number of likely N-dealkylation sites (N-methyl/N-ethyl adjacent to an activating group) is 1. The lowest BCUT2D eigenvalue weighted by Crippen LogP contribution is -2.31. The molecule has 0 atom stereocenters. The molecule has 2 amide bonds. The molecule has 2 heterocycles. The lowest BCUT2D eigenvalue weighted by atomic mass is 10.2. The van der Waals surface area contributed by atoms with Crippen LogP contribution in [0.4, 0.5) is 17.1 Å². The fourth-order valence-electron chi connectivity index (χ4n) is 2.82. The second-order valence-corrected chi connectivity index (χ2v) is 5.60. The molecule has 24 heavy (non-hydrogen) atoms. The highest BCUT2D eigenvalue weighted by molar-refractivity contribution is 6.20. The molecule has 2 aliphatic rings. The first kappa shape index (κ1) is 16.3. The molecule has 0 spiro atoms. The fraction of sp³-hybridized carbons (Fsp3) is 0.467. The van der Waals surface area contributed by atoms with Crippen molar-refractivity contribution in [3.63, 3.8) is 0 Å². The summed E-state index contributed by atoms with van der Waals surface area (Å²) < 4.78 is 10.7. The Morgan fingerprint density at radius 1 is 1.25 bits per heavy atom. The number of carbonyl (C=O) groups is 2. The van der Waals surface area contributed by atoms with E-state index in [2.05, 4.69) is 0 Å². The van der Waals surface area contributed by atoms with Crippen LogP contribution in [0.3, 0.4) is 0 Å². The summed E-state index contributed by atoms with van der Waals surface area (Å²) in [5.74, 6) is -0.689. The fourth-order valence-corrected chi connectivity index (χ4v) is 2.82. The van der Waals surface area contributed by atoms with Gasteiger partial charge in [-0.1, -0.05) is 0 Å². The van der Waals surface area contributed by atoms with Crippen LogP contribution in [0.5, 0.6) is 0 Å². The number of carbonyl (C=O) groups excluding carboxylic acids is 2. The molecule has 0 aliphatic carbocycles. The second kappa shape index (κ2) is 6.54. The van der Waals surface area contributed by atoms with Crippen molar-refractivity contribution in [2.45, 2.75) is 19.1 Å². The molecule has 3 rings (SSSR count). The third-order valence-corrected chi connectivity index (χ3v) is 3.99. The highest BCUT2D eigenvalue weighted by Gasteiger charge is 2.32. The Balaban J connectivity index is 1.88. The van der Waals surface area contributed by atoms with Crippen LogP contribution in [0.2, 0.25) is 0 Å². The number of imide groups is 1. The van der Waals surface area contributed by atoms with Crippen molar-refractivity contribution in [1.82, 2.24) is 0 Å². The van der Waals surface area contributed by atoms with Crippen LogP contribution in [0.1, 0.15) is 12.8 Å². The predicted octanol–water partition coefficient (Wildman–Crippen LogP) is 1.06. The van der Waals surface area contributed by atoms with Gasteiger partial charge in [0.05, 0.1) is 30.4 Å². The van der Waals surface area contributed by atoms with E-state index in [4.69, 9.17) is 9.47 Å². The lowest BCUT2D eigenvalue weighted by molar-refractivity contribution is -0.384. The third-order valence-electron chi connectivity index (χ3n) is 3.99. The summed E-state index contributed by atoms with van der Waals surface area (Å²) >= 11 is 0. The Labute approximate surface area is 137 Å². The van der Waals surface area contributed by atoms with E-state index in [-0.39, 0.29) is 36.0 Å². The molecule has 128 valence electrons. The molecule has 0 saturated carbocycles. The minimum Gasteiger partial charge on any atom is -0.364 e. The first-order chi connectivity index (χ1) is 11.5. The molecule has 2 aliphatic heterocycles. The Hall–Kier alpha value is -2.52. The van der Waals surface area contributed by atoms with E-state index in [1.165, 1.54) is 18.2 Å². The molecule has 0 radical (unpaired) electrons. The minimum absolute atomic E-state index is 0.130. The smallest absolute Gasteiger partial charge is 0.294 e. The maximum absolute atomic E-state index is 11.8. The van der Waals surface area contributed by atoms with Crippen molar-refractivity contribution in [2.75, 3.05) is 36.6 Å². The van der Waals surface area contributed by atoms with Gasteiger partial charge in [0, 0.05) is 26.0 Å². The zero-order valence-electron chi connectivity index (χ0n) is 13.1. The summed E-state index contributed by atoms with van der Waals surface area (Å²) in [4.78, 5) is 37.2. The van der Waals surface area contributed by atoms with Crippen molar-refractivity contribution in [1.29, 1.82) is 0 Å². The number of rotatable bonds is 5. The van der Waals surface area contributed by atoms with E-state index in [1.54, 1.807) is 11.9 Å². The van der Waals surface area contributed by atoms with Crippen molar-refractivity contribution in [3.8, 4) is 0 Å². The Morgan fingerprint density at radius 2 is 1.88 bits per heavy atom. The number of nitro groups is 1. The Kier molecular flexibility index (Phi) is 4.45. The van der Waals surface area contributed by atoms with E-state index in [1.807, 2.05) is 0 Å². The quantitative estimate of drug-likeness (QED) is 0.450. The van der Waals surface area contributed by atoms with Gasteiger partial charge >= 0.3 is 0 Å². The van der Waals surface area contributed by atoms with Gasteiger partial charge in [-0.25, -0.2) is 0 Å². The van der Waals surface area contributed by atoms with Crippen molar-refractivity contribution in [3.05, 3.63) is 28.3 Å². The number of nitro benzene ring substituents is 1. The summed E-state index contributed by atoms with van der Waals surface area (Å²) in [7, 11) is 1.69. The molecule has 0 aromatic heterocycles. The summed E-state index contributed by atoms with van der Waals surface area (Å²) in [6, 6.07) is 4.32. The highest BCUT2D eigenvalue weighted by Crippen LogP contribution is 2.34. The van der Waals surface area contributed by atoms with E-state index < -0.39 is 11.2 Å². The molecule has 0 N–H and O–H groups in total. The van der Waals surface area contributed by atoms with Crippen LogP contribution in [-0.4, -0.2) is 49.8 Å². The van der Waals surface area contributed by atoms with E-state index in [0.29, 0.717) is 25.4 Å². The Morgan fingerprint density at radius 3 is 2.46 bits per heavy atom. The van der Waals surface area contributed by atoms with Gasteiger partial charge in [-0.2, -0.15) is 0 Å². The summed E-state index contributed by atoms with van der Waals surface area (Å²) in [5.41, 5.74) is 0.405. The average molecular weight is 335 g/mol. The Bertz CT molecular complexity index is 670. The van der Waals surface area contributed by atoms with E-state index in [0.717, 1.165) is 4.90 Å². The van der Waals surface area contributed by atoms with Crippen LogP contribution in [0.25, 0.3) is 0 Å². The van der Waals surface area contributed by atoms with E-state index >= 15 is 0 Å². The maximum Gasteiger partial charge on any atom is 0.294 e. The summed E-state index contributed by atoms with van der Waals surface area (Å²) in [6.45, 7) is 1.33.